The van der Waals surface area contributed by atoms with Crippen molar-refractivity contribution in [1.82, 2.24) is 15.5 Å². The fourth-order valence-electron chi connectivity index (χ4n) is 2.37. The molecule has 3 N–H and O–H groups in total. The first-order chi connectivity index (χ1) is 12.6. The van der Waals surface area contributed by atoms with Gasteiger partial charge in [0.05, 0.1) is 17.7 Å². The number of hydrogen-bond donors (Lipinski definition) is 3. The van der Waals surface area contributed by atoms with Crippen molar-refractivity contribution in [3.63, 3.8) is 0 Å². The maximum absolute atomic E-state index is 12.3. The topological polar surface area (TPSA) is 96.1 Å². The monoisotopic (exact) mass is 370 g/mol. The summed E-state index contributed by atoms with van der Waals surface area (Å²) in [7, 11) is 1.59. The van der Waals surface area contributed by atoms with Crippen LogP contribution in [0.25, 0.3) is 11.3 Å². The lowest BCUT2D eigenvalue weighted by atomic mass is 10.1. The molecule has 3 aromatic rings. The number of rotatable bonds is 6. The summed E-state index contributed by atoms with van der Waals surface area (Å²) < 4.78 is 5.33. The van der Waals surface area contributed by atoms with Gasteiger partial charge in [-0.05, 0) is 30.5 Å². The minimum Gasteiger partial charge on any atom is -0.496 e. The van der Waals surface area contributed by atoms with Gasteiger partial charge in [-0.25, -0.2) is 0 Å². The molecule has 134 valence electrons. The highest BCUT2D eigenvalue weighted by Crippen LogP contribution is 2.29. The Labute approximate surface area is 154 Å². The second-order valence-corrected chi connectivity index (χ2v) is 6.48. The highest BCUT2D eigenvalue weighted by atomic mass is 32.1. The zero-order chi connectivity index (χ0) is 18.5. The van der Waals surface area contributed by atoms with E-state index in [1.165, 1.54) is 11.3 Å². The second kappa shape index (κ2) is 7.83. The molecular weight excluding hydrogens is 352 g/mol. The molecule has 3 rings (SSSR count). The molecule has 0 bridgehead atoms. The zero-order valence-corrected chi connectivity index (χ0v) is 15.1. The number of amides is 2. The number of hydrogen-bond acceptors (Lipinski definition) is 5. The van der Waals surface area contributed by atoms with Gasteiger partial charge in [0.15, 0.2) is 5.82 Å². The van der Waals surface area contributed by atoms with Crippen LogP contribution < -0.4 is 15.4 Å². The molecule has 2 aromatic heterocycles. The largest absolute Gasteiger partial charge is 0.496 e. The van der Waals surface area contributed by atoms with Crippen LogP contribution in [0, 0.1) is 0 Å². The average molecular weight is 370 g/mol. The molecule has 0 fully saturated rings. The third kappa shape index (κ3) is 3.92. The van der Waals surface area contributed by atoms with Crippen molar-refractivity contribution in [2.75, 3.05) is 12.4 Å². The van der Waals surface area contributed by atoms with E-state index in [0.29, 0.717) is 22.1 Å². The van der Waals surface area contributed by atoms with Gasteiger partial charge in [0.2, 0.25) is 5.91 Å². The SMILES string of the molecule is COc1ccccc1-c1cc(NC(=O)[C@H](C)NC(=O)c2cccs2)n[nH]1. The molecule has 0 aliphatic carbocycles. The van der Waals surface area contributed by atoms with Crippen LogP contribution in [0.3, 0.4) is 0 Å². The molecule has 0 saturated carbocycles. The Hall–Kier alpha value is -3.13. The van der Waals surface area contributed by atoms with Crippen LogP contribution in [0.4, 0.5) is 5.82 Å². The summed E-state index contributed by atoms with van der Waals surface area (Å²) in [5, 5.41) is 14.1. The second-order valence-electron chi connectivity index (χ2n) is 5.53. The van der Waals surface area contributed by atoms with Crippen molar-refractivity contribution in [2.45, 2.75) is 13.0 Å². The summed E-state index contributed by atoms with van der Waals surface area (Å²) in [4.78, 5) is 24.9. The predicted molar refractivity (Wildman–Crippen MR) is 100 cm³/mol. The first kappa shape index (κ1) is 17.7. The summed E-state index contributed by atoms with van der Waals surface area (Å²) >= 11 is 1.32. The van der Waals surface area contributed by atoms with Gasteiger partial charge in [-0.2, -0.15) is 5.10 Å². The molecule has 2 amide bonds. The molecule has 0 spiro atoms. The fourth-order valence-corrected chi connectivity index (χ4v) is 2.99. The first-order valence-corrected chi connectivity index (χ1v) is 8.80. The molecule has 0 radical (unpaired) electrons. The quantitative estimate of drug-likeness (QED) is 0.622. The molecule has 7 nitrogen and oxygen atoms in total. The van der Waals surface area contributed by atoms with Gasteiger partial charge >= 0.3 is 0 Å². The highest BCUT2D eigenvalue weighted by Gasteiger charge is 2.18. The number of nitrogens with one attached hydrogen (secondary N) is 3. The summed E-state index contributed by atoms with van der Waals surface area (Å²) in [5.41, 5.74) is 1.55. The van der Waals surface area contributed by atoms with Crippen molar-refractivity contribution in [3.05, 3.63) is 52.7 Å². The number of aromatic amines is 1. The zero-order valence-electron chi connectivity index (χ0n) is 14.3. The van der Waals surface area contributed by atoms with Crippen molar-refractivity contribution in [3.8, 4) is 17.0 Å². The summed E-state index contributed by atoms with van der Waals surface area (Å²) in [6, 6.07) is 12.0. The third-order valence-electron chi connectivity index (χ3n) is 3.71. The Balaban J connectivity index is 1.65. The normalized spacial score (nSPS) is 11.6. The van der Waals surface area contributed by atoms with Gasteiger partial charge in [0, 0.05) is 11.6 Å². The van der Waals surface area contributed by atoms with Crippen LogP contribution in [0.15, 0.2) is 47.8 Å². The van der Waals surface area contributed by atoms with Gasteiger partial charge < -0.3 is 15.4 Å². The molecule has 0 saturated heterocycles. The Bertz CT molecular complexity index is 905. The van der Waals surface area contributed by atoms with E-state index in [9.17, 15) is 9.59 Å². The van der Waals surface area contributed by atoms with Crippen LogP contribution in [0.2, 0.25) is 0 Å². The van der Waals surface area contributed by atoms with Crippen molar-refractivity contribution < 1.29 is 14.3 Å². The van der Waals surface area contributed by atoms with Crippen LogP contribution in [0.1, 0.15) is 16.6 Å². The maximum Gasteiger partial charge on any atom is 0.261 e. The molecule has 2 heterocycles. The molecular formula is C18H18N4O3S. The molecule has 0 aliphatic heterocycles. The Morgan fingerprint density at radius 2 is 2.04 bits per heavy atom. The van der Waals surface area contributed by atoms with E-state index in [1.54, 1.807) is 32.2 Å². The average Bonchev–Trinajstić information content (AvgIpc) is 3.33. The van der Waals surface area contributed by atoms with E-state index in [2.05, 4.69) is 20.8 Å². The van der Waals surface area contributed by atoms with E-state index in [-0.39, 0.29) is 11.8 Å². The van der Waals surface area contributed by atoms with E-state index >= 15 is 0 Å². The number of anilines is 1. The van der Waals surface area contributed by atoms with Crippen LogP contribution >= 0.6 is 11.3 Å². The Morgan fingerprint density at radius 1 is 1.23 bits per heavy atom. The molecule has 1 atom stereocenters. The van der Waals surface area contributed by atoms with Gasteiger partial charge in [0.25, 0.3) is 5.91 Å². The minimum atomic E-state index is -0.698. The molecule has 1 aromatic carbocycles. The molecule has 0 unspecified atom stereocenters. The van der Waals surface area contributed by atoms with Gasteiger partial charge in [0.1, 0.15) is 11.8 Å². The summed E-state index contributed by atoms with van der Waals surface area (Å²) in [6.45, 7) is 1.62. The van der Waals surface area contributed by atoms with E-state index < -0.39 is 6.04 Å². The first-order valence-electron chi connectivity index (χ1n) is 7.92. The summed E-state index contributed by atoms with van der Waals surface area (Å²) in [5.74, 6) is 0.436. The van der Waals surface area contributed by atoms with Gasteiger partial charge in [-0.3, -0.25) is 14.7 Å². The summed E-state index contributed by atoms with van der Waals surface area (Å²) in [6.07, 6.45) is 0. The van der Waals surface area contributed by atoms with Crippen LogP contribution in [-0.4, -0.2) is 35.2 Å². The number of aromatic nitrogens is 2. The van der Waals surface area contributed by atoms with Crippen LogP contribution in [-0.2, 0) is 4.79 Å². The van der Waals surface area contributed by atoms with Gasteiger partial charge in [-0.15, -0.1) is 11.3 Å². The Morgan fingerprint density at radius 3 is 2.77 bits per heavy atom. The van der Waals surface area contributed by atoms with Crippen molar-refractivity contribution in [2.24, 2.45) is 0 Å². The number of nitrogens with zero attached hydrogens (tertiary/aromatic N) is 1. The number of carbonyl (C=O) groups is 2. The van der Waals surface area contributed by atoms with E-state index in [0.717, 1.165) is 5.56 Å². The van der Waals surface area contributed by atoms with Gasteiger partial charge in [-0.1, -0.05) is 18.2 Å². The number of benzene rings is 1. The van der Waals surface area contributed by atoms with E-state index in [1.807, 2.05) is 29.6 Å². The number of methoxy groups -OCH3 is 1. The lowest BCUT2D eigenvalue weighted by molar-refractivity contribution is -0.117. The standard InChI is InChI=1S/C18H18N4O3S/c1-11(19-18(24)15-8-5-9-26-15)17(23)20-16-10-13(21-22-16)12-6-3-4-7-14(12)25-2/h3-11H,1-2H3,(H,19,24)(H2,20,21,22,23)/t11-/m0/s1. The maximum atomic E-state index is 12.3. The molecule has 26 heavy (non-hydrogen) atoms. The van der Waals surface area contributed by atoms with Crippen molar-refractivity contribution in [1.29, 1.82) is 0 Å². The smallest absolute Gasteiger partial charge is 0.261 e. The van der Waals surface area contributed by atoms with Crippen LogP contribution in [0.5, 0.6) is 5.75 Å². The molecule has 0 aliphatic rings. The fraction of sp³-hybridized carbons (Fsp3) is 0.167. The number of H-pyrrole nitrogens is 1. The number of para-hydroxylation sites is 1. The minimum absolute atomic E-state index is 0.278. The lowest BCUT2D eigenvalue weighted by Gasteiger charge is -2.12. The number of ether oxygens (including phenoxy) is 1. The van der Waals surface area contributed by atoms with Crippen molar-refractivity contribution >= 4 is 29.0 Å². The predicted octanol–water partition coefficient (Wildman–Crippen LogP) is 2.90. The Kier molecular flexibility index (Phi) is 5.33. The molecule has 8 heteroatoms. The number of thiophene rings is 1. The number of carbonyl (C=O) groups excluding carboxylic acids is 2. The van der Waals surface area contributed by atoms with E-state index in [4.69, 9.17) is 4.74 Å². The third-order valence-corrected chi connectivity index (χ3v) is 4.58. The highest BCUT2D eigenvalue weighted by molar-refractivity contribution is 7.12. The lowest BCUT2D eigenvalue weighted by Crippen LogP contribution is -2.41.